The second-order valence-electron chi connectivity index (χ2n) is 2.44. The van der Waals surface area contributed by atoms with Crippen LogP contribution in [0, 0.1) is 0 Å². The third-order valence-electron chi connectivity index (χ3n) is 1.36. The summed E-state index contributed by atoms with van der Waals surface area (Å²) in [6.07, 6.45) is 0. The Balaban J connectivity index is 2.29. The van der Waals surface area contributed by atoms with Crippen molar-refractivity contribution in [2.24, 2.45) is 5.73 Å². The molecule has 12 heavy (non-hydrogen) atoms. The van der Waals surface area contributed by atoms with E-state index in [0.29, 0.717) is 5.75 Å². The van der Waals surface area contributed by atoms with Crippen molar-refractivity contribution < 1.29 is 4.79 Å². The van der Waals surface area contributed by atoms with E-state index >= 15 is 0 Å². The average Bonchev–Trinajstić information content (AvgIpc) is 2.05. The molecule has 0 heterocycles. The predicted octanol–water partition coefficient (Wildman–Crippen LogP) is 1.41. The van der Waals surface area contributed by atoms with Crippen LogP contribution in [0.3, 0.4) is 0 Å². The standard InChI is InChI=1S/C9H11NOS/c10-9(11)7-12-6-8-4-2-1-3-5-8/h1-5H,6-7H2,(H2,10,11). The molecule has 0 atom stereocenters. The zero-order chi connectivity index (χ0) is 8.81. The number of thioether (sulfide) groups is 1. The number of primary amides is 1. The molecule has 64 valence electrons. The van der Waals surface area contributed by atoms with E-state index in [4.69, 9.17) is 5.73 Å². The van der Waals surface area contributed by atoms with Gasteiger partial charge in [-0.2, -0.15) is 0 Å². The average molecular weight is 181 g/mol. The monoisotopic (exact) mass is 181 g/mol. The fourth-order valence-corrected chi connectivity index (χ4v) is 1.58. The molecule has 1 aromatic rings. The summed E-state index contributed by atoms with van der Waals surface area (Å²) in [6, 6.07) is 10.0. The summed E-state index contributed by atoms with van der Waals surface area (Å²) in [7, 11) is 0. The summed E-state index contributed by atoms with van der Waals surface area (Å²) >= 11 is 1.54. The van der Waals surface area contributed by atoms with Gasteiger partial charge in [0.25, 0.3) is 0 Å². The quantitative estimate of drug-likeness (QED) is 0.763. The Morgan fingerprint density at radius 2 is 2.00 bits per heavy atom. The van der Waals surface area contributed by atoms with Crippen LogP contribution in [-0.4, -0.2) is 11.7 Å². The van der Waals surface area contributed by atoms with E-state index in [1.807, 2.05) is 30.3 Å². The van der Waals surface area contributed by atoms with Gasteiger partial charge >= 0.3 is 0 Å². The molecule has 3 heteroatoms. The number of carbonyl (C=O) groups excluding carboxylic acids is 1. The van der Waals surface area contributed by atoms with Crippen LogP contribution in [0.15, 0.2) is 30.3 Å². The van der Waals surface area contributed by atoms with Gasteiger partial charge in [0.05, 0.1) is 5.75 Å². The SMILES string of the molecule is NC(=O)CSCc1ccccc1. The van der Waals surface area contributed by atoms with Crippen LogP contribution in [-0.2, 0) is 10.5 Å². The normalized spacial score (nSPS) is 9.67. The van der Waals surface area contributed by atoms with E-state index in [-0.39, 0.29) is 5.91 Å². The summed E-state index contributed by atoms with van der Waals surface area (Å²) in [5.41, 5.74) is 6.22. The molecule has 1 amide bonds. The number of carbonyl (C=O) groups is 1. The van der Waals surface area contributed by atoms with Crippen LogP contribution < -0.4 is 5.73 Å². The first-order valence-electron chi connectivity index (χ1n) is 3.69. The number of amides is 1. The Labute approximate surface area is 76.2 Å². The fraction of sp³-hybridized carbons (Fsp3) is 0.222. The van der Waals surface area contributed by atoms with Gasteiger partial charge in [0.2, 0.25) is 5.91 Å². The lowest BCUT2D eigenvalue weighted by Crippen LogP contribution is -2.13. The van der Waals surface area contributed by atoms with Crippen LogP contribution in [0.2, 0.25) is 0 Å². The molecule has 0 aliphatic heterocycles. The molecule has 0 aliphatic carbocycles. The van der Waals surface area contributed by atoms with E-state index in [0.717, 1.165) is 5.75 Å². The molecular weight excluding hydrogens is 170 g/mol. The van der Waals surface area contributed by atoms with Gasteiger partial charge in [0.15, 0.2) is 0 Å². The van der Waals surface area contributed by atoms with Crippen LogP contribution in [0.5, 0.6) is 0 Å². The Hall–Kier alpha value is -0.960. The largest absolute Gasteiger partial charge is 0.369 e. The highest BCUT2D eigenvalue weighted by atomic mass is 32.2. The first kappa shape index (κ1) is 9.13. The highest BCUT2D eigenvalue weighted by molar-refractivity contribution is 7.99. The van der Waals surface area contributed by atoms with Crippen molar-refractivity contribution in [1.82, 2.24) is 0 Å². The van der Waals surface area contributed by atoms with Gasteiger partial charge in [0, 0.05) is 5.75 Å². The van der Waals surface area contributed by atoms with Crippen molar-refractivity contribution >= 4 is 17.7 Å². The maximum absolute atomic E-state index is 10.4. The molecule has 0 saturated carbocycles. The molecule has 0 unspecified atom stereocenters. The molecule has 0 aliphatic rings. The molecule has 2 N–H and O–H groups in total. The molecule has 0 aromatic heterocycles. The lowest BCUT2D eigenvalue weighted by Gasteiger charge is -1.98. The Morgan fingerprint density at radius 1 is 1.33 bits per heavy atom. The topological polar surface area (TPSA) is 43.1 Å². The van der Waals surface area contributed by atoms with Gasteiger partial charge < -0.3 is 5.73 Å². The Bertz CT molecular complexity index is 248. The maximum Gasteiger partial charge on any atom is 0.227 e. The minimum atomic E-state index is -0.254. The smallest absolute Gasteiger partial charge is 0.227 e. The third-order valence-corrected chi connectivity index (χ3v) is 2.38. The first-order valence-corrected chi connectivity index (χ1v) is 4.84. The van der Waals surface area contributed by atoms with Crippen molar-refractivity contribution in [2.45, 2.75) is 5.75 Å². The number of rotatable bonds is 4. The summed E-state index contributed by atoms with van der Waals surface area (Å²) in [5, 5.41) is 0. The zero-order valence-corrected chi connectivity index (χ0v) is 7.51. The number of nitrogens with two attached hydrogens (primary N) is 1. The molecule has 0 bridgehead atoms. The van der Waals surface area contributed by atoms with E-state index in [2.05, 4.69) is 0 Å². The predicted molar refractivity (Wildman–Crippen MR) is 51.8 cm³/mol. The van der Waals surface area contributed by atoms with Gasteiger partial charge in [-0.15, -0.1) is 11.8 Å². The highest BCUT2D eigenvalue weighted by Crippen LogP contribution is 2.10. The molecule has 1 aromatic carbocycles. The van der Waals surface area contributed by atoms with Gasteiger partial charge in [0.1, 0.15) is 0 Å². The van der Waals surface area contributed by atoms with Gasteiger partial charge in [-0.05, 0) is 5.56 Å². The summed E-state index contributed by atoms with van der Waals surface area (Å²) < 4.78 is 0. The molecule has 0 radical (unpaired) electrons. The van der Waals surface area contributed by atoms with Crippen molar-refractivity contribution in [3.05, 3.63) is 35.9 Å². The molecular formula is C9H11NOS. The van der Waals surface area contributed by atoms with Gasteiger partial charge in [-0.1, -0.05) is 30.3 Å². The first-order chi connectivity index (χ1) is 5.79. The maximum atomic E-state index is 10.4. The summed E-state index contributed by atoms with van der Waals surface area (Å²) in [4.78, 5) is 10.4. The van der Waals surface area contributed by atoms with Crippen LogP contribution in [0.4, 0.5) is 0 Å². The van der Waals surface area contributed by atoms with Gasteiger partial charge in [-0.3, -0.25) is 4.79 Å². The highest BCUT2D eigenvalue weighted by Gasteiger charge is 1.95. The number of hydrogen-bond donors (Lipinski definition) is 1. The second kappa shape index (κ2) is 4.83. The van der Waals surface area contributed by atoms with E-state index in [1.165, 1.54) is 17.3 Å². The minimum absolute atomic E-state index is 0.254. The van der Waals surface area contributed by atoms with E-state index < -0.39 is 0 Å². The molecule has 1 rings (SSSR count). The summed E-state index contributed by atoms with van der Waals surface area (Å²) in [6.45, 7) is 0. The van der Waals surface area contributed by atoms with E-state index in [1.54, 1.807) is 0 Å². The molecule has 0 spiro atoms. The van der Waals surface area contributed by atoms with Gasteiger partial charge in [-0.25, -0.2) is 0 Å². The van der Waals surface area contributed by atoms with Crippen molar-refractivity contribution in [1.29, 1.82) is 0 Å². The van der Waals surface area contributed by atoms with Crippen LogP contribution in [0.25, 0.3) is 0 Å². The van der Waals surface area contributed by atoms with Crippen molar-refractivity contribution in [3.8, 4) is 0 Å². The third kappa shape index (κ3) is 3.44. The summed E-state index contributed by atoms with van der Waals surface area (Å²) in [5.74, 6) is 0.995. The Morgan fingerprint density at radius 3 is 2.58 bits per heavy atom. The zero-order valence-electron chi connectivity index (χ0n) is 6.69. The lowest BCUT2D eigenvalue weighted by atomic mass is 10.2. The van der Waals surface area contributed by atoms with Crippen LogP contribution >= 0.6 is 11.8 Å². The van der Waals surface area contributed by atoms with Crippen molar-refractivity contribution in [2.75, 3.05) is 5.75 Å². The second-order valence-corrected chi connectivity index (χ2v) is 3.43. The fourth-order valence-electron chi connectivity index (χ4n) is 0.844. The van der Waals surface area contributed by atoms with Crippen LogP contribution in [0.1, 0.15) is 5.56 Å². The minimum Gasteiger partial charge on any atom is -0.369 e. The molecule has 0 saturated heterocycles. The molecule has 0 fully saturated rings. The number of benzene rings is 1. The van der Waals surface area contributed by atoms with Crippen molar-refractivity contribution in [3.63, 3.8) is 0 Å². The Kier molecular flexibility index (Phi) is 3.67. The molecule has 2 nitrogen and oxygen atoms in total. The lowest BCUT2D eigenvalue weighted by molar-refractivity contribution is -0.115. The number of hydrogen-bond acceptors (Lipinski definition) is 2. The van der Waals surface area contributed by atoms with E-state index in [9.17, 15) is 4.79 Å².